The van der Waals surface area contributed by atoms with Gasteiger partial charge in [-0.15, -0.1) is 9.73 Å². The van der Waals surface area contributed by atoms with Gasteiger partial charge in [0.25, 0.3) is 0 Å². The van der Waals surface area contributed by atoms with E-state index in [2.05, 4.69) is 32.9 Å². The number of aryl methyl sites for hydroxylation is 1. The Morgan fingerprint density at radius 3 is 3.00 bits per heavy atom. The third-order valence-electron chi connectivity index (χ3n) is 3.87. The zero-order chi connectivity index (χ0) is 12.5. The molecule has 1 aliphatic carbocycles. The van der Waals surface area contributed by atoms with Crippen LogP contribution < -0.4 is 5.32 Å². The van der Waals surface area contributed by atoms with Crippen molar-refractivity contribution in [3.8, 4) is 0 Å². The van der Waals surface area contributed by atoms with Crippen LogP contribution in [0.1, 0.15) is 38.2 Å². The van der Waals surface area contributed by atoms with Crippen molar-refractivity contribution in [2.75, 3.05) is 5.32 Å². The molecule has 0 aromatic carbocycles. The number of rotatable bonds is 2. The lowest BCUT2D eigenvalue weighted by molar-refractivity contribution is 0.349. The van der Waals surface area contributed by atoms with E-state index in [-0.39, 0.29) is 0 Å². The van der Waals surface area contributed by atoms with Crippen LogP contribution >= 0.6 is 0 Å². The summed E-state index contributed by atoms with van der Waals surface area (Å²) in [5.41, 5.74) is 2.83. The molecule has 0 spiro atoms. The standard InChI is InChI=1S/C12H18N6/c1-8-5-3-4-6-10(8)14-11-9(2)7-13-18-12(11)15-16-17-18/h7-8,10,14H,3-6H2,1-2H3. The Hall–Kier alpha value is -1.72. The van der Waals surface area contributed by atoms with Crippen LogP contribution in [0.15, 0.2) is 6.20 Å². The Morgan fingerprint density at radius 2 is 2.17 bits per heavy atom. The van der Waals surface area contributed by atoms with E-state index >= 15 is 0 Å². The molecule has 1 fully saturated rings. The Morgan fingerprint density at radius 1 is 1.33 bits per heavy atom. The maximum atomic E-state index is 4.15. The van der Waals surface area contributed by atoms with Crippen molar-refractivity contribution < 1.29 is 0 Å². The van der Waals surface area contributed by atoms with Crippen LogP contribution in [0.2, 0.25) is 0 Å². The molecule has 6 heteroatoms. The van der Waals surface area contributed by atoms with Crippen LogP contribution in [0, 0.1) is 12.8 Å². The topological polar surface area (TPSA) is 68.0 Å². The number of hydrogen-bond donors (Lipinski definition) is 1. The van der Waals surface area contributed by atoms with Gasteiger partial charge in [-0.1, -0.05) is 19.8 Å². The van der Waals surface area contributed by atoms with Gasteiger partial charge in [-0.05, 0) is 41.7 Å². The maximum Gasteiger partial charge on any atom is 0.223 e. The molecule has 18 heavy (non-hydrogen) atoms. The van der Waals surface area contributed by atoms with E-state index in [9.17, 15) is 0 Å². The monoisotopic (exact) mass is 246 g/mol. The van der Waals surface area contributed by atoms with Gasteiger partial charge in [-0.3, -0.25) is 0 Å². The Balaban J connectivity index is 1.93. The summed E-state index contributed by atoms with van der Waals surface area (Å²) in [6.07, 6.45) is 6.96. The minimum absolute atomic E-state index is 0.514. The largest absolute Gasteiger partial charge is 0.379 e. The molecule has 1 saturated carbocycles. The zero-order valence-electron chi connectivity index (χ0n) is 10.8. The van der Waals surface area contributed by atoms with Gasteiger partial charge < -0.3 is 5.32 Å². The summed E-state index contributed by atoms with van der Waals surface area (Å²) in [6, 6.07) is 0.514. The van der Waals surface area contributed by atoms with E-state index < -0.39 is 0 Å². The number of nitrogens with one attached hydrogen (secondary N) is 1. The maximum absolute atomic E-state index is 4.15. The highest BCUT2D eigenvalue weighted by atomic mass is 15.6. The summed E-state index contributed by atoms with van der Waals surface area (Å²) in [4.78, 5) is 0. The summed E-state index contributed by atoms with van der Waals surface area (Å²) in [5, 5.41) is 19.3. The summed E-state index contributed by atoms with van der Waals surface area (Å²) < 4.78 is 1.48. The smallest absolute Gasteiger partial charge is 0.223 e. The summed E-state index contributed by atoms with van der Waals surface area (Å²) in [5.74, 6) is 0.697. The van der Waals surface area contributed by atoms with Gasteiger partial charge in [0.15, 0.2) is 0 Å². The van der Waals surface area contributed by atoms with Gasteiger partial charge in [-0.2, -0.15) is 5.10 Å². The van der Waals surface area contributed by atoms with E-state index in [0.29, 0.717) is 17.6 Å². The lowest BCUT2D eigenvalue weighted by Gasteiger charge is -2.30. The number of nitrogens with zero attached hydrogens (tertiary/aromatic N) is 5. The highest BCUT2D eigenvalue weighted by molar-refractivity contribution is 5.69. The molecular formula is C12H18N6. The molecule has 1 aliphatic rings. The predicted octanol–water partition coefficient (Wildman–Crippen LogP) is 1.82. The number of anilines is 1. The molecule has 2 heterocycles. The minimum atomic E-state index is 0.514. The van der Waals surface area contributed by atoms with Crippen molar-refractivity contribution >= 4 is 11.3 Å². The van der Waals surface area contributed by atoms with Crippen LogP contribution in [0.3, 0.4) is 0 Å². The fourth-order valence-electron chi connectivity index (χ4n) is 2.69. The van der Waals surface area contributed by atoms with Crippen molar-refractivity contribution in [3.63, 3.8) is 0 Å². The number of aromatic nitrogens is 5. The summed E-state index contributed by atoms with van der Waals surface area (Å²) in [7, 11) is 0. The van der Waals surface area contributed by atoms with Crippen molar-refractivity contribution in [3.05, 3.63) is 11.8 Å². The van der Waals surface area contributed by atoms with E-state index in [1.807, 2.05) is 6.92 Å². The van der Waals surface area contributed by atoms with Crippen molar-refractivity contribution in [2.24, 2.45) is 5.92 Å². The second-order valence-corrected chi connectivity index (χ2v) is 5.21. The molecular weight excluding hydrogens is 228 g/mol. The molecule has 6 nitrogen and oxygen atoms in total. The highest BCUT2D eigenvalue weighted by Crippen LogP contribution is 2.28. The molecule has 96 valence electrons. The molecule has 0 saturated heterocycles. The van der Waals surface area contributed by atoms with Crippen LogP contribution in [-0.2, 0) is 0 Å². The third kappa shape index (κ3) is 1.91. The lowest BCUT2D eigenvalue weighted by atomic mass is 9.86. The molecule has 2 unspecified atom stereocenters. The molecule has 0 aliphatic heterocycles. The number of fused-ring (bicyclic) bond motifs is 1. The molecule has 0 bridgehead atoms. The van der Waals surface area contributed by atoms with Gasteiger partial charge in [0.1, 0.15) is 0 Å². The van der Waals surface area contributed by atoms with Crippen LogP contribution in [-0.4, -0.2) is 31.3 Å². The number of tetrazole rings is 1. The van der Waals surface area contributed by atoms with Gasteiger partial charge >= 0.3 is 0 Å². The molecule has 2 aromatic heterocycles. The van der Waals surface area contributed by atoms with Crippen molar-refractivity contribution in [2.45, 2.75) is 45.6 Å². The first-order chi connectivity index (χ1) is 8.75. The van der Waals surface area contributed by atoms with Crippen molar-refractivity contribution in [1.82, 2.24) is 25.3 Å². The zero-order valence-corrected chi connectivity index (χ0v) is 10.8. The Bertz CT molecular complexity index is 548. The predicted molar refractivity (Wildman–Crippen MR) is 68.4 cm³/mol. The lowest BCUT2D eigenvalue weighted by Crippen LogP contribution is -2.30. The number of hydrogen-bond acceptors (Lipinski definition) is 5. The molecule has 3 rings (SSSR count). The summed E-state index contributed by atoms with van der Waals surface area (Å²) in [6.45, 7) is 4.35. The summed E-state index contributed by atoms with van der Waals surface area (Å²) >= 11 is 0. The fraction of sp³-hybridized carbons (Fsp3) is 0.667. The average Bonchev–Trinajstić information content (AvgIpc) is 2.83. The molecule has 2 atom stereocenters. The first kappa shape index (κ1) is 11.4. The normalized spacial score (nSPS) is 24.3. The van der Waals surface area contributed by atoms with Gasteiger partial charge in [-0.25, -0.2) is 0 Å². The van der Waals surface area contributed by atoms with E-state index in [1.165, 1.54) is 30.3 Å². The van der Waals surface area contributed by atoms with Crippen LogP contribution in [0.25, 0.3) is 5.65 Å². The van der Waals surface area contributed by atoms with Crippen LogP contribution in [0.5, 0.6) is 0 Å². The third-order valence-corrected chi connectivity index (χ3v) is 3.87. The molecule has 1 N–H and O–H groups in total. The molecule has 0 radical (unpaired) electrons. The van der Waals surface area contributed by atoms with E-state index in [1.54, 1.807) is 6.20 Å². The second kappa shape index (κ2) is 4.51. The Labute approximate surface area is 106 Å². The Kier molecular flexibility index (Phi) is 2.85. The SMILES string of the molecule is Cc1cnn2nnnc2c1NC1CCCCC1C. The van der Waals surface area contributed by atoms with E-state index in [0.717, 1.165) is 11.3 Å². The average molecular weight is 246 g/mol. The van der Waals surface area contributed by atoms with Gasteiger partial charge in [0.05, 0.1) is 11.9 Å². The van der Waals surface area contributed by atoms with E-state index in [4.69, 9.17) is 0 Å². The molecule has 2 aromatic rings. The molecule has 0 amide bonds. The first-order valence-corrected chi connectivity index (χ1v) is 6.56. The fourth-order valence-corrected chi connectivity index (χ4v) is 2.69. The first-order valence-electron chi connectivity index (χ1n) is 6.56. The van der Waals surface area contributed by atoms with Crippen LogP contribution in [0.4, 0.5) is 5.69 Å². The van der Waals surface area contributed by atoms with Gasteiger partial charge in [0.2, 0.25) is 5.65 Å². The quantitative estimate of drug-likeness (QED) is 0.875. The minimum Gasteiger partial charge on any atom is -0.379 e. The van der Waals surface area contributed by atoms with Gasteiger partial charge in [0, 0.05) is 6.04 Å². The van der Waals surface area contributed by atoms with Crippen molar-refractivity contribution in [1.29, 1.82) is 0 Å². The highest BCUT2D eigenvalue weighted by Gasteiger charge is 2.23. The second-order valence-electron chi connectivity index (χ2n) is 5.21.